The monoisotopic (exact) mass is 370 g/mol. The van der Waals surface area contributed by atoms with Crippen LogP contribution in [0.3, 0.4) is 0 Å². The van der Waals surface area contributed by atoms with Crippen LogP contribution in [-0.4, -0.2) is 41.5 Å². The zero-order valence-corrected chi connectivity index (χ0v) is 15.8. The second kappa shape index (κ2) is 8.29. The van der Waals surface area contributed by atoms with Gasteiger partial charge in [0.05, 0.1) is 10.6 Å². The molecule has 5 nitrogen and oxygen atoms in total. The van der Waals surface area contributed by atoms with Crippen molar-refractivity contribution in [3.8, 4) is 0 Å². The molecule has 2 aromatic rings. The first-order valence-corrected chi connectivity index (χ1v) is 10.4. The molecule has 2 aliphatic rings. The molecule has 0 saturated carbocycles. The van der Waals surface area contributed by atoms with Crippen LogP contribution in [0, 0.1) is 0 Å². The summed E-state index contributed by atoms with van der Waals surface area (Å²) in [6, 6.07) is 10.9. The zero-order chi connectivity index (χ0) is 17.8. The molecule has 0 aromatic carbocycles. The summed E-state index contributed by atoms with van der Waals surface area (Å²) >= 11 is 1.64. The predicted octanol–water partition coefficient (Wildman–Crippen LogP) is 2.96. The van der Waals surface area contributed by atoms with Crippen LogP contribution in [0.2, 0.25) is 0 Å². The largest absolute Gasteiger partial charge is 0.349 e. The maximum atomic E-state index is 12.6. The number of carbonyl (C=O) groups excluding carboxylic acids is 1. The van der Waals surface area contributed by atoms with E-state index in [1.807, 2.05) is 24.4 Å². The van der Waals surface area contributed by atoms with Gasteiger partial charge in [0.2, 0.25) is 0 Å². The highest BCUT2D eigenvalue weighted by Crippen LogP contribution is 2.29. The van der Waals surface area contributed by atoms with E-state index in [-0.39, 0.29) is 11.9 Å². The van der Waals surface area contributed by atoms with Gasteiger partial charge < -0.3 is 10.6 Å². The van der Waals surface area contributed by atoms with Crippen molar-refractivity contribution in [3.05, 3.63) is 52.0 Å². The zero-order valence-electron chi connectivity index (χ0n) is 15.0. The molecule has 1 amide bonds. The number of hydrogen-bond donors (Lipinski definition) is 2. The number of pyridine rings is 1. The van der Waals surface area contributed by atoms with Gasteiger partial charge in [-0.1, -0.05) is 6.07 Å². The second-order valence-electron chi connectivity index (χ2n) is 7.20. The minimum Gasteiger partial charge on any atom is -0.349 e. The van der Waals surface area contributed by atoms with Gasteiger partial charge in [-0.2, -0.15) is 0 Å². The van der Waals surface area contributed by atoms with Crippen molar-refractivity contribution in [1.82, 2.24) is 20.5 Å². The topological polar surface area (TPSA) is 57.3 Å². The van der Waals surface area contributed by atoms with Crippen LogP contribution in [-0.2, 0) is 6.54 Å². The number of likely N-dealkylation sites (tertiary alicyclic amines) is 1. The third-order valence-electron chi connectivity index (χ3n) is 5.29. The summed E-state index contributed by atoms with van der Waals surface area (Å²) in [5.74, 6) is 0.0856. The van der Waals surface area contributed by atoms with Gasteiger partial charge in [-0.3, -0.25) is 14.7 Å². The lowest BCUT2D eigenvalue weighted by atomic mass is 10.0. The molecule has 4 heterocycles. The number of rotatable bonds is 5. The Morgan fingerprint density at radius 1 is 1.23 bits per heavy atom. The van der Waals surface area contributed by atoms with Crippen molar-refractivity contribution in [2.75, 3.05) is 19.6 Å². The molecule has 0 radical (unpaired) electrons. The summed E-state index contributed by atoms with van der Waals surface area (Å²) < 4.78 is 0. The molecular formula is C20H26N4OS. The van der Waals surface area contributed by atoms with Crippen LogP contribution < -0.4 is 10.6 Å². The van der Waals surface area contributed by atoms with Crippen molar-refractivity contribution < 1.29 is 4.79 Å². The number of aromatic nitrogens is 1. The van der Waals surface area contributed by atoms with Gasteiger partial charge >= 0.3 is 0 Å². The quantitative estimate of drug-likeness (QED) is 0.850. The van der Waals surface area contributed by atoms with Gasteiger partial charge in [-0.15, -0.1) is 11.3 Å². The van der Waals surface area contributed by atoms with Crippen LogP contribution in [0.15, 0.2) is 36.5 Å². The molecule has 0 bridgehead atoms. The molecular weight excluding hydrogens is 344 g/mol. The highest BCUT2D eigenvalue weighted by molar-refractivity contribution is 7.14. The molecule has 0 unspecified atom stereocenters. The molecule has 6 heteroatoms. The normalized spacial score (nSPS) is 21.8. The Hall–Kier alpha value is -1.76. The molecule has 4 rings (SSSR count). The van der Waals surface area contributed by atoms with Gasteiger partial charge in [-0.05, 0) is 56.5 Å². The van der Waals surface area contributed by atoms with E-state index in [4.69, 9.17) is 0 Å². The summed E-state index contributed by atoms with van der Waals surface area (Å²) in [4.78, 5) is 21.5. The average molecular weight is 371 g/mol. The third kappa shape index (κ3) is 4.31. The summed E-state index contributed by atoms with van der Waals surface area (Å²) in [6.07, 6.45) is 6.25. The van der Waals surface area contributed by atoms with E-state index in [9.17, 15) is 4.79 Å². The van der Waals surface area contributed by atoms with Crippen molar-refractivity contribution in [3.63, 3.8) is 0 Å². The van der Waals surface area contributed by atoms with E-state index in [1.165, 1.54) is 17.7 Å². The van der Waals surface area contributed by atoms with Crippen LogP contribution in [0.25, 0.3) is 0 Å². The smallest absolute Gasteiger partial charge is 0.261 e. The van der Waals surface area contributed by atoms with E-state index in [0.29, 0.717) is 6.04 Å². The standard InChI is InChI=1S/C20H26N4OS/c25-20(19-7-6-18(26-19)17-5-3-11-22-17)23-15-8-12-24(13-9-15)14-16-4-1-2-10-21-16/h1-2,4,6-7,10,15,17,22H,3,5,8-9,11-14H2,(H,23,25)/t17-/m0/s1. The lowest BCUT2D eigenvalue weighted by Crippen LogP contribution is -2.44. The predicted molar refractivity (Wildman–Crippen MR) is 104 cm³/mol. The average Bonchev–Trinajstić information content (AvgIpc) is 3.36. The highest BCUT2D eigenvalue weighted by atomic mass is 32.1. The summed E-state index contributed by atoms with van der Waals surface area (Å²) in [5.41, 5.74) is 1.11. The Morgan fingerprint density at radius 3 is 2.85 bits per heavy atom. The van der Waals surface area contributed by atoms with E-state index in [2.05, 4.69) is 32.7 Å². The fraction of sp³-hybridized carbons (Fsp3) is 0.500. The fourth-order valence-corrected chi connectivity index (χ4v) is 4.82. The Balaban J connectivity index is 1.25. The molecule has 138 valence electrons. The first-order chi connectivity index (χ1) is 12.8. The molecule has 1 atom stereocenters. The van der Waals surface area contributed by atoms with Crippen molar-refractivity contribution >= 4 is 17.2 Å². The maximum absolute atomic E-state index is 12.6. The van der Waals surface area contributed by atoms with Gasteiger partial charge in [0, 0.05) is 42.8 Å². The molecule has 2 saturated heterocycles. The van der Waals surface area contributed by atoms with Crippen LogP contribution >= 0.6 is 11.3 Å². The first-order valence-electron chi connectivity index (χ1n) is 9.54. The molecule has 26 heavy (non-hydrogen) atoms. The number of nitrogens with zero attached hydrogens (tertiary/aromatic N) is 2. The van der Waals surface area contributed by atoms with Crippen molar-refractivity contribution in [1.29, 1.82) is 0 Å². The maximum Gasteiger partial charge on any atom is 0.261 e. The molecule has 2 N–H and O–H groups in total. The molecule has 2 aromatic heterocycles. The summed E-state index contributed by atoms with van der Waals surface area (Å²) in [7, 11) is 0. The van der Waals surface area contributed by atoms with Crippen LogP contribution in [0.5, 0.6) is 0 Å². The molecule has 2 aliphatic heterocycles. The van der Waals surface area contributed by atoms with Crippen LogP contribution in [0.4, 0.5) is 0 Å². The van der Waals surface area contributed by atoms with Gasteiger partial charge in [-0.25, -0.2) is 0 Å². The Labute approximate surface area is 158 Å². The minimum absolute atomic E-state index is 0.0856. The van der Waals surface area contributed by atoms with E-state index in [1.54, 1.807) is 11.3 Å². The van der Waals surface area contributed by atoms with E-state index in [0.717, 1.165) is 49.6 Å². The number of hydrogen-bond acceptors (Lipinski definition) is 5. The van der Waals surface area contributed by atoms with E-state index < -0.39 is 0 Å². The SMILES string of the molecule is O=C(NC1CCN(Cc2ccccn2)CC1)c1ccc([C@@H]2CCCN2)s1. The third-order valence-corrected chi connectivity index (χ3v) is 6.49. The van der Waals surface area contributed by atoms with Gasteiger partial charge in [0.15, 0.2) is 0 Å². The first kappa shape index (κ1) is 17.6. The number of nitrogens with one attached hydrogen (secondary N) is 2. The Kier molecular flexibility index (Phi) is 5.62. The molecule has 0 aliphatic carbocycles. The Bertz CT molecular complexity index is 718. The van der Waals surface area contributed by atoms with Crippen molar-refractivity contribution in [2.45, 2.75) is 44.3 Å². The fourth-order valence-electron chi connectivity index (χ4n) is 3.80. The number of piperidine rings is 1. The lowest BCUT2D eigenvalue weighted by Gasteiger charge is -2.32. The number of carbonyl (C=O) groups is 1. The lowest BCUT2D eigenvalue weighted by molar-refractivity contribution is 0.0912. The van der Waals surface area contributed by atoms with Crippen molar-refractivity contribution in [2.24, 2.45) is 0 Å². The van der Waals surface area contributed by atoms with Gasteiger partial charge in [0.1, 0.15) is 0 Å². The molecule has 0 spiro atoms. The number of amides is 1. The highest BCUT2D eigenvalue weighted by Gasteiger charge is 2.23. The Morgan fingerprint density at radius 2 is 2.12 bits per heavy atom. The summed E-state index contributed by atoms with van der Waals surface area (Å²) in [6.45, 7) is 3.98. The molecule has 2 fully saturated rings. The number of thiophene rings is 1. The minimum atomic E-state index is 0.0856. The van der Waals surface area contributed by atoms with Gasteiger partial charge in [0.25, 0.3) is 5.91 Å². The second-order valence-corrected chi connectivity index (χ2v) is 8.31. The van der Waals surface area contributed by atoms with Crippen LogP contribution in [0.1, 0.15) is 52.0 Å². The van der Waals surface area contributed by atoms with E-state index >= 15 is 0 Å². The summed E-state index contributed by atoms with van der Waals surface area (Å²) in [5, 5.41) is 6.73.